The van der Waals surface area contributed by atoms with Crippen molar-refractivity contribution in [3.63, 3.8) is 0 Å². The van der Waals surface area contributed by atoms with Crippen LogP contribution in [0.25, 0.3) is 0 Å². The van der Waals surface area contributed by atoms with Crippen LogP contribution in [0.5, 0.6) is 0 Å². The molecule has 1 aromatic rings. The van der Waals surface area contributed by atoms with Gasteiger partial charge in [-0.2, -0.15) is 5.26 Å². The van der Waals surface area contributed by atoms with Crippen LogP contribution in [0.2, 0.25) is 0 Å². The molecule has 0 aliphatic carbocycles. The van der Waals surface area contributed by atoms with Crippen molar-refractivity contribution in [2.75, 3.05) is 6.61 Å². The van der Waals surface area contributed by atoms with Crippen LogP contribution in [0.3, 0.4) is 0 Å². The fourth-order valence-corrected chi connectivity index (χ4v) is 1.98. The lowest BCUT2D eigenvalue weighted by Crippen LogP contribution is -2.18. The largest absolute Gasteiger partial charge is 0.460 e. The summed E-state index contributed by atoms with van der Waals surface area (Å²) in [6, 6.07) is 2.03. The van der Waals surface area contributed by atoms with Crippen molar-refractivity contribution in [3.05, 3.63) is 17.2 Å². The number of carbonyl (C=O) groups excluding carboxylic acids is 1. The summed E-state index contributed by atoms with van der Waals surface area (Å²) in [5.41, 5.74) is 1.24. The van der Waals surface area contributed by atoms with Gasteiger partial charge in [0.25, 0.3) is 0 Å². The van der Waals surface area contributed by atoms with Gasteiger partial charge in [-0.05, 0) is 26.2 Å². The van der Waals surface area contributed by atoms with Gasteiger partial charge in [-0.15, -0.1) is 0 Å². The lowest BCUT2D eigenvalue weighted by atomic mass is 10.1. The predicted octanol–water partition coefficient (Wildman–Crippen LogP) is 1.27. The highest BCUT2D eigenvalue weighted by atomic mass is 16.5. The van der Waals surface area contributed by atoms with Crippen molar-refractivity contribution in [2.24, 2.45) is 0 Å². The lowest BCUT2D eigenvalue weighted by molar-refractivity contribution is 0.0505. The Labute approximate surface area is 93.7 Å². The zero-order valence-electron chi connectivity index (χ0n) is 9.19. The molecule has 16 heavy (non-hydrogen) atoms. The molecule has 1 aliphatic rings. The zero-order valence-corrected chi connectivity index (χ0v) is 9.19. The summed E-state index contributed by atoms with van der Waals surface area (Å²) in [6.45, 7) is 2.82. The second-order valence-corrected chi connectivity index (χ2v) is 3.67. The molecule has 1 aromatic heterocycles. The quantitative estimate of drug-likeness (QED) is 0.702. The summed E-state index contributed by atoms with van der Waals surface area (Å²) < 4.78 is 6.74. The fourth-order valence-electron chi connectivity index (χ4n) is 1.98. The maximum Gasteiger partial charge on any atom is 0.374 e. The molecule has 0 atom stereocenters. The molecule has 0 saturated heterocycles. The Balaban J connectivity index is 2.43. The predicted molar refractivity (Wildman–Crippen MR) is 55.8 cm³/mol. The Kier molecular flexibility index (Phi) is 2.91. The maximum absolute atomic E-state index is 11.6. The summed E-state index contributed by atoms with van der Waals surface area (Å²) in [5, 5.41) is 8.94. The number of aromatic nitrogens is 2. The third-order valence-electron chi connectivity index (χ3n) is 2.68. The van der Waals surface area contributed by atoms with E-state index >= 15 is 0 Å². The first-order valence-electron chi connectivity index (χ1n) is 5.44. The van der Waals surface area contributed by atoms with E-state index in [1.165, 1.54) is 0 Å². The van der Waals surface area contributed by atoms with E-state index in [9.17, 15) is 4.79 Å². The monoisotopic (exact) mass is 219 g/mol. The zero-order chi connectivity index (χ0) is 11.5. The van der Waals surface area contributed by atoms with Gasteiger partial charge in [-0.1, -0.05) is 0 Å². The summed E-state index contributed by atoms with van der Waals surface area (Å²) in [6.07, 6.45) is 2.87. The van der Waals surface area contributed by atoms with Crippen LogP contribution < -0.4 is 0 Å². The summed E-state index contributed by atoms with van der Waals surface area (Å²) in [5.74, 6) is -0.166. The van der Waals surface area contributed by atoms with E-state index in [-0.39, 0.29) is 5.82 Å². The number of fused-ring (bicyclic) bond motifs is 1. The van der Waals surface area contributed by atoms with Gasteiger partial charge >= 0.3 is 5.97 Å². The summed E-state index contributed by atoms with van der Waals surface area (Å²) in [7, 11) is 0. The second-order valence-electron chi connectivity index (χ2n) is 3.67. The van der Waals surface area contributed by atoms with Crippen LogP contribution in [0.4, 0.5) is 0 Å². The van der Waals surface area contributed by atoms with Gasteiger partial charge in [0.15, 0.2) is 5.69 Å². The van der Waals surface area contributed by atoms with Crippen LogP contribution in [-0.2, 0) is 17.7 Å². The minimum Gasteiger partial charge on any atom is -0.460 e. The highest BCUT2D eigenvalue weighted by molar-refractivity contribution is 5.86. The molecule has 0 radical (unpaired) electrons. The number of rotatable bonds is 2. The van der Waals surface area contributed by atoms with Crippen molar-refractivity contribution in [3.8, 4) is 6.07 Å². The molecule has 0 spiro atoms. The molecule has 0 fully saturated rings. The molecule has 2 heterocycles. The Morgan fingerprint density at radius 2 is 2.44 bits per heavy atom. The lowest BCUT2D eigenvalue weighted by Gasteiger charge is -2.15. The SMILES string of the molecule is CCOC(=O)c1nc(C#N)c2n1CCCC2. The van der Waals surface area contributed by atoms with Crippen LogP contribution in [0, 0.1) is 11.3 Å². The van der Waals surface area contributed by atoms with E-state index < -0.39 is 5.97 Å². The average Bonchev–Trinajstić information content (AvgIpc) is 2.68. The first-order valence-corrected chi connectivity index (χ1v) is 5.44. The smallest absolute Gasteiger partial charge is 0.374 e. The Bertz CT molecular complexity index is 457. The van der Waals surface area contributed by atoms with Crippen molar-refractivity contribution < 1.29 is 9.53 Å². The third-order valence-corrected chi connectivity index (χ3v) is 2.68. The Hall–Kier alpha value is -1.83. The minimum atomic E-state index is -0.438. The van der Waals surface area contributed by atoms with E-state index in [0.717, 1.165) is 31.5 Å². The molecule has 5 nitrogen and oxygen atoms in total. The summed E-state index contributed by atoms with van der Waals surface area (Å²) >= 11 is 0. The number of nitrogens with zero attached hydrogens (tertiary/aromatic N) is 3. The number of carbonyl (C=O) groups is 1. The molecule has 0 amide bonds. The highest BCUT2D eigenvalue weighted by Gasteiger charge is 2.24. The van der Waals surface area contributed by atoms with Gasteiger partial charge in [0.05, 0.1) is 12.3 Å². The Morgan fingerprint density at radius 1 is 1.62 bits per heavy atom. The molecule has 0 aromatic carbocycles. The van der Waals surface area contributed by atoms with E-state index in [1.54, 1.807) is 6.92 Å². The number of nitriles is 1. The van der Waals surface area contributed by atoms with Crippen molar-refractivity contribution >= 4 is 5.97 Å². The molecule has 0 unspecified atom stereocenters. The molecule has 1 aliphatic heterocycles. The second kappa shape index (κ2) is 4.35. The van der Waals surface area contributed by atoms with Crippen molar-refractivity contribution in [1.29, 1.82) is 5.26 Å². The molecular weight excluding hydrogens is 206 g/mol. The first-order chi connectivity index (χ1) is 7.77. The number of hydrogen-bond acceptors (Lipinski definition) is 4. The van der Waals surface area contributed by atoms with Gasteiger partial charge in [0, 0.05) is 6.54 Å². The van der Waals surface area contributed by atoms with Gasteiger partial charge < -0.3 is 9.30 Å². The van der Waals surface area contributed by atoms with Gasteiger partial charge in [0.2, 0.25) is 5.82 Å². The molecule has 0 N–H and O–H groups in total. The Morgan fingerprint density at radius 3 is 3.12 bits per heavy atom. The molecule has 84 valence electrons. The number of hydrogen-bond donors (Lipinski definition) is 0. The maximum atomic E-state index is 11.6. The first kappa shape index (κ1) is 10.7. The number of imidazole rings is 1. The van der Waals surface area contributed by atoms with Crippen LogP contribution in [0.1, 0.15) is 41.8 Å². The van der Waals surface area contributed by atoms with Gasteiger partial charge in [0.1, 0.15) is 6.07 Å². The van der Waals surface area contributed by atoms with E-state index in [1.807, 2.05) is 10.6 Å². The molecule has 0 bridgehead atoms. The van der Waals surface area contributed by atoms with Gasteiger partial charge in [-0.25, -0.2) is 9.78 Å². The molecule has 0 saturated carbocycles. The van der Waals surface area contributed by atoms with Crippen molar-refractivity contribution in [2.45, 2.75) is 32.7 Å². The minimum absolute atomic E-state index is 0.271. The van der Waals surface area contributed by atoms with Crippen LogP contribution >= 0.6 is 0 Å². The molecule has 5 heteroatoms. The van der Waals surface area contributed by atoms with Crippen molar-refractivity contribution in [1.82, 2.24) is 9.55 Å². The standard InChI is InChI=1S/C11H13N3O2/c1-2-16-11(15)10-13-8(7-12)9-5-3-4-6-14(9)10/h2-6H2,1H3. The number of ether oxygens (including phenoxy) is 1. The van der Waals surface area contributed by atoms with E-state index in [4.69, 9.17) is 10.00 Å². The van der Waals surface area contributed by atoms with Gasteiger partial charge in [-0.3, -0.25) is 0 Å². The van der Waals surface area contributed by atoms with E-state index in [0.29, 0.717) is 12.3 Å². The normalized spacial score (nSPS) is 14.0. The molecule has 2 rings (SSSR count). The van der Waals surface area contributed by atoms with E-state index in [2.05, 4.69) is 4.98 Å². The average molecular weight is 219 g/mol. The summed E-state index contributed by atoms with van der Waals surface area (Å²) in [4.78, 5) is 15.7. The fraction of sp³-hybridized carbons (Fsp3) is 0.545. The number of esters is 1. The van der Waals surface area contributed by atoms with Crippen LogP contribution in [-0.4, -0.2) is 22.1 Å². The highest BCUT2D eigenvalue weighted by Crippen LogP contribution is 2.20. The topological polar surface area (TPSA) is 67.9 Å². The third kappa shape index (κ3) is 1.67. The molecular formula is C11H13N3O2. The van der Waals surface area contributed by atoms with Crippen LogP contribution in [0.15, 0.2) is 0 Å².